The number of fused-ring (bicyclic) bond motifs is 4. The van der Waals surface area contributed by atoms with Crippen LogP contribution in [0.2, 0.25) is 0 Å². The van der Waals surface area contributed by atoms with Gasteiger partial charge in [-0.05, 0) is 24.2 Å². The Morgan fingerprint density at radius 3 is 0.641 bits per heavy atom. The van der Waals surface area contributed by atoms with Crippen molar-refractivity contribution in [1.29, 1.82) is 0 Å². The van der Waals surface area contributed by atoms with Crippen molar-refractivity contribution in [3.63, 3.8) is 0 Å². The molecule has 0 saturated carbocycles. The van der Waals surface area contributed by atoms with Crippen molar-refractivity contribution in [3.05, 3.63) is 289 Å². The zero-order valence-corrected chi connectivity index (χ0v) is 55.4. The third-order valence-electron chi connectivity index (χ3n) is 12.0. The summed E-state index contributed by atoms with van der Waals surface area (Å²) in [7, 11) is 3.44. The van der Waals surface area contributed by atoms with Crippen LogP contribution >= 0.6 is 0 Å². The Labute approximate surface area is 517 Å². The van der Waals surface area contributed by atoms with Crippen LogP contribution in [-0.2, 0) is 72.6 Å². The minimum atomic E-state index is 0. The maximum atomic E-state index is 2.27. The molecule has 0 N–H and O–H groups in total. The summed E-state index contributed by atoms with van der Waals surface area (Å²) in [6, 6.07) is 100.0. The van der Waals surface area contributed by atoms with Gasteiger partial charge in [-0.3, -0.25) is 0 Å². The third-order valence-corrected chi connectivity index (χ3v) is 17.6. The molecule has 0 aromatic heterocycles. The molecule has 0 bridgehead atoms. The fourth-order valence-electron chi connectivity index (χ4n) is 8.39. The monoisotopic (exact) mass is 1270 g/mol. The molecular weight excluding hydrogens is 1210 g/mol. The van der Waals surface area contributed by atoms with Crippen LogP contribution < -0.4 is 45.6 Å². The minimum Gasteiger partial charge on any atom is -1.00 e. The number of hydrogen-bond donors (Lipinski definition) is 0. The number of halogens is 2. The van der Waals surface area contributed by atoms with Gasteiger partial charge in [0, 0.05) is 38.1 Å². The first-order valence-electron chi connectivity index (χ1n) is 25.9. The van der Waals surface area contributed by atoms with Gasteiger partial charge < -0.3 is 24.8 Å². The van der Waals surface area contributed by atoms with Crippen molar-refractivity contribution in [1.82, 2.24) is 0 Å². The minimum absolute atomic E-state index is 0. The van der Waals surface area contributed by atoms with E-state index < -0.39 is 0 Å². The summed E-state index contributed by atoms with van der Waals surface area (Å²) in [5, 5.41) is 17.1. The molecular formula is C70H64Cl2Si4Zr2-2. The molecule has 0 amide bonds. The van der Waals surface area contributed by atoms with E-state index >= 15 is 0 Å². The first-order chi connectivity index (χ1) is 37.2. The number of benzene rings is 8. The molecule has 0 aliphatic rings. The van der Waals surface area contributed by atoms with E-state index in [4.69, 9.17) is 0 Å². The molecule has 12 aromatic carbocycles. The predicted octanol–water partition coefficient (Wildman–Crippen LogP) is 7.85. The largest absolute Gasteiger partial charge is 1.00 e. The maximum Gasteiger partial charge on any atom is 0.0109 e. The van der Waals surface area contributed by atoms with Crippen LogP contribution in [0.3, 0.4) is 0 Å². The molecule has 0 spiro atoms. The first-order valence-corrected chi connectivity index (χ1v) is 33.2. The second kappa shape index (κ2) is 35.7. The van der Waals surface area contributed by atoms with Crippen LogP contribution in [0.1, 0.15) is 49.9 Å². The molecule has 0 saturated heterocycles. The summed E-state index contributed by atoms with van der Waals surface area (Å²) in [4.78, 5) is 0. The standard InChI is InChI=1S/4C16H13Si.2C3H6.2ClH.2Zr/c4*1-2-6-13(7-3-1)12-17-16-11-10-14-8-4-5-9-15(14)16;2*1-3-2;;;;/h4*1-11H,12H2;2*1-2H3;2*1H;;/q4*-1;;;;;2*+2/p-2. The molecule has 12 aromatic rings. The van der Waals surface area contributed by atoms with Gasteiger partial charge in [-0.1, -0.05) is 168 Å². The van der Waals surface area contributed by atoms with Crippen molar-refractivity contribution >= 4 is 108 Å². The summed E-state index contributed by atoms with van der Waals surface area (Å²) < 4.78 is 3.01. The summed E-state index contributed by atoms with van der Waals surface area (Å²) in [5.74, 6) is 0. The van der Waals surface area contributed by atoms with Crippen LogP contribution in [0, 0.1) is 0 Å². The van der Waals surface area contributed by atoms with Gasteiger partial charge in [0.15, 0.2) is 0 Å². The summed E-state index contributed by atoms with van der Waals surface area (Å²) >= 11 is 3.11. The smallest absolute Gasteiger partial charge is 0.0109 e. The first kappa shape index (κ1) is 64.0. The van der Waals surface area contributed by atoms with E-state index in [1.165, 1.54) is 92.5 Å². The Balaban J connectivity index is 0.000000181. The van der Waals surface area contributed by atoms with Crippen molar-refractivity contribution < 1.29 is 73.3 Å². The normalized spacial score (nSPS) is 10.2. The van der Waals surface area contributed by atoms with Gasteiger partial charge in [-0.25, -0.2) is 0 Å². The fraction of sp³-hybridized carbons (Fsp3) is 0.114. The Kier molecular flexibility index (Phi) is 29.3. The molecule has 8 radical (unpaired) electrons. The quantitative estimate of drug-likeness (QED) is 0.0865. The van der Waals surface area contributed by atoms with Crippen molar-refractivity contribution in [2.75, 3.05) is 0 Å². The zero-order valence-electron chi connectivity index (χ0n) is 45.0. The molecule has 12 rings (SSSR count). The van der Waals surface area contributed by atoms with Gasteiger partial charge in [0.05, 0.1) is 0 Å². The SMILES string of the molecule is C[C](C)=[Zr+2].C[C](C)=[Zr+2].[Cl-].[Cl-].c1ccc(C[Si]c2c[cH-]c3ccccc23)cc1.c1ccc(C[Si]c2c[cH-]c3ccccc23)cc1.c1ccc(C[Si]c2c[cH-]c3ccccc23)cc1.c1ccc(C[Si]c2c[cH-]c3ccccc23)cc1. The van der Waals surface area contributed by atoms with E-state index in [9.17, 15) is 0 Å². The summed E-state index contributed by atoms with van der Waals surface area (Å²) in [5.41, 5.74) is 5.71. The molecule has 78 heavy (non-hydrogen) atoms. The number of rotatable bonds is 12. The summed E-state index contributed by atoms with van der Waals surface area (Å²) in [6.45, 7) is 8.49. The summed E-state index contributed by atoms with van der Waals surface area (Å²) in [6.07, 6.45) is 0. The number of hydrogen-bond acceptors (Lipinski definition) is 0. The van der Waals surface area contributed by atoms with Gasteiger partial charge in [0.25, 0.3) is 0 Å². The van der Waals surface area contributed by atoms with E-state index in [1.54, 1.807) is 48.5 Å². The van der Waals surface area contributed by atoms with Crippen molar-refractivity contribution in [2.45, 2.75) is 51.9 Å². The molecule has 8 heteroatoms. The van der Waals surface area contributed by atoms with Gasteiger partial charge in [-0.2, -0.15) is 66.6 Å². The van der Waals surface area contributed by atoms with E-state index in [0.29, 0.717) is 0 Å². The van der Waals surface area contributed by atoms with Crippen LogP contribution in [0.4, 0.5) is 0 Å². The molecule has 384 valence electrons. The van der Waals surface area contributed by atoms with Crippen LogP contribution in [-0.4, -0.2) is 44.5 Å². The topological polar surface area (TPSA) is 0 Å². The van der Waals surface area contributed by atoms with Crippen molar-refractivity contribution in [3.8, 4) is 0 Å². The van der Waals surface area contributed by atoms with E-state index in [1.807, 2.05) is 0 Å². The Hall–Kier alpha value is -4.85. The zero-order chi connectivity index (χ0) is 53.2. The molecule has 0 nitrogen and oxygen atoms in total. The molecule has 0 fully saturated rings. The van der Waals surface area contributed by atoms with E-state index in [2.05, 4.69) is 295 Å². The maximum absolute atomic E-state index is 2.27. The average Bonchev–Trinajstić information content (AvgIpc) is 4.28. The van der Waals surface area contributed by atoms with Gasteiger partial charge in [-0.15, -0.1) is 119 Å². The van der Waals surface area contributed by atoms with Crippen LogP contribution in [0.5, 0.6) is 0 Å². The Bertz CT molecular complexity index is 3110. The Morgan fingerprint density at radius 2 is 0.449 bits per heavy atom. The third kappa shape index (κ3) is 21.7. The van der Waals surface area contributed by atoms with Crippen LogP contribution in [0.15, 0.2) is 267 Å². The van der Waals surface area contributed by atoms with E-state index in [-0.39, 0.29) is 24.8 Å². The molecule has 0 aliphatic heterocycles. The fourth-order valence-corrected chi connectivity index (χ4v) is 13.4. The molecule has 0 heterocycles. The van der Waals surface area contributed by atoms with Crippen molar-refractivity contribution in [2.24, 2.45) is 0 Å². The average molecular weight is 1270 g/mol. The second-order valence-corrected chi connectivity index (χ2v) is 28.6. The van der Waals surface area contributed by atoms with Gasteiger partial charge >= 0.3 is 82.6 Å². The Morgan fingerprint density at radius 1 is 0.282 bits per heavy atom. The molecule has 0 aliphatic carbocycles. The van der Waals surface area contributed by atoms with Gasteiger partial charge in [0.2, 0.25) is 0 Å². The molecule has 0 unspecified atom stereocenters. The van der Waals surface area contributed by atoms with Gasteiger partial charge in [0.1, 0.15) is 0 Å². The van der Waals surface area contributed by atoms with Crippen LogP contribution in [0.25, 0.3) is 43.1 Å². The predicted molar refractivity (Wildman–Crippen MR) is 333 cm³/mol. The molecule has 0 atom stereocenters. The van der Waals surface area contributed by atoms with E-state index in [0.717, 1.165) is 62.3 Å². The second-order valence-electron chi connectivity index (χ2n) is 18.7.